The number of nitrogens with one attached hydrogen (secondary N) is 1. The van der Waals surface area contributed by atoms with E-state index in [4.69, 9.17) is 4.74 Å². The number of ether oxygens (including phenoxy) is 1. The summed E-state index contributed by atoms with van der Waals surface area (Å²) < 4.78 is 7.39. The van der Waals surface area contributed by atoms with E-state index in [1.807, 2.05) is 6.07 Å². The van der Waals surface area contributed by atoms with Gasteiger partial charge in [-0.1, -0.05) is 28.7 Å². The minimum Gasteiger partial charge on any atom is -0.496 e. The number of hydrogen-bond acceptors (Lipinski definition) is 2. The van der Waals surface area contributed by atoms with Gasteiger partial charge < -0.3 is 10.1 Å². The quantitative estimate of drug-likeness (QED) is 0.462. The summed E-state index contributed by atoms with van der Waals surface area (Å²) in [6.07, 6.45) is 1.22. The first-order valence-electron chi connectivity index (χ1n) is 4.87. The smallest absolute Gasteiger partial charge is 0.133 e. The van der Waals surface area contributed by atoms with Crippen LogP contribution in [-0.2, 0) is 6.54 Å². The Hall–Kier alpha value is 0.190. The van der Waals surface area contributed by atoms with Gasteiger partial charge in [-0.3, -0.25) is 0 Å². The van der Waals surface area contributed by atoms with Crippen molar-refractivity contribution in [1.29, 1.82) is 0 Å². The van der Waals surface area contributed by atoms with Gasteiger partial charge in [-0.2, -0.15) is 0 Å². The molecule has 1 aromatic rings. The predicted octanol–water partition coefficient (Wildman–Crippen LogP) is 3.37. The fourth-order valence-electron chi connectivity index (χ4n) is 1.24. The SMILES string of the molecule is COc1ccc(CNCCCI)cc1Br. The van der Waals surface area contributed by atoms with Crippen molar-refractivity contribution in [3.63, 3.8) is 0 Å². The molecule has 0 atom stereocenters. The number of benzene rings is 1. The minimum atomic E-state index is 0.881. The molecule has 0 aliphatic rings. The standard InChI is InChI=1S/C11H15BrINO/c1-15-11-4-3-9(7-10(11)12)8-14-6-2-5-13/h3-4,7,14H,2,5-6,8H2,1H3. The Morgan fingerprint density at radius 1 is 1.47 bits per heavy atom. The van der Waals surface area contributed by atoms with Crippen molar-refractivity contribution in [3.05, 3.63) is 28.2 Å². The summed E-state index contributed by atoms with van der Waals surface area (Å²) in [6.45, 7) is 1.99. The molecule has 0 fully saturated rings. The van der Waals surface area contributed by atoms with Crippen molar-refractivity contribution >= 4 is 38.5 Å². The lowest BCUT2D eigenvalue weighted by Crippen LogP contribution is -2.14. The van der Waals surface area contributed by atoms with Gasteiger partial charge >= 0.3 is 0 Å². The van der Waals surface area contributed by atoms with E-state index in [0.717, 1.165) is 23.3 Å². The molecule has 0 spiro atoms. The van der Waals surface area contributed by atoms with Crippen LogP contribution in [0.1, 0.15) is 12.0 Å². The first kappa shape index (κ1) is 13.3. The van der Waals surface area contributed by atoms with Gasteiger partial charge in [0.2, 0.25) is 0 Å². The summed E-state index contributed by atoms with van der Waals surface area (Å²) in [5.41, 5.74) is 1.27. The Morgan fingerprint density at radius 3 is 2.87 bits per heavy atom. The Kier molecular flexibility index (Phi) is 6.59. The average Bonchev–Trinajstić information content (AvgIpc) is 2.25. The highest BCUT2D eigenvalue weighted by Gasteiger charge is 2.00. The summed E-state index contributed by atoms with van der Waals surface area (Å²) in [7, 11) is 1.68. The van der Waals surface area contributed by atoms with Crippen LogP contribution in [0.3, 0.4) is 0 Å². The Labute approximate surface area is 113 Å². The summed E-state index contributed by atoms with van der Waals surface area (Å²) in [5, 5.41) is 3.40. The van der Waals surface area contributed by atoms with Gasteiger partial charge in [-0.25, -0.2) is 0 Å². The highest BCUT2D eigenvalue weighted by Crippen LogP contribution is 2.25. The van der Waals surface area contributed by atoms with Crippen molar-refractivity contribution in [2.75, 3.05) is 18.1 Å². The van der Waals surface area contributed by atoms with E-state index in [-0.39, 0.29) is 0 Å². The highest BCUT2D eigenvalue weighted by atomic mass is 127. The van der Waals surface area contributed by atoms with Gasteiger partial charge in [0.05, 0.1) is 11.6 Å². The van der Waals surface area contributed by atoms with Crippen LogP contribution in [0.4, 0.5) is 0 Å². The van der Waals surface area contributed by atoms with E-state index >= 15 is 0 Å². The number of methoxy groups -OCH3 is 1. The number of hydrogen-bond donors (Lipinski definition) is 1. The van der Waals surface area contributed by atoms with E-state index in [0.29, 0.717) is 0 Å². The lowest BCUT2D eigenvalue weighted by atomic mass is 10.2. The fourth-order valence-corrected chi connectivity index (χ4v) is 2.21. The monoisotopic (exact) mass is 383 g/mol. The Bertz CT molecular complexity index is 307. The van der Waals surface area contributed by atoms with E-state index in [1.165, 1.54) is 16.4 Å². The van der Waals surface area contributed by atoms with Gasteiger partial charge in [0.15, 0.2) is 0 Å². The van der Waals surface area contributed by atoms with Crippen LogP contribution in [-0.4, -0.2) is 18.1 Å². The topological polar surface area (TPSA) is 21.3 Å². The second-order valence-electron chi connectivity index (χ2n) is 3.19. The van der Waals surface area contributed by atoms with Crippen LogP contribution in [0.15, 0.2) is 22.7 Å². The number of rotatable bonds is 6. The maximum Gasteiger partial charge on any atom is 0.133 e. The van der Waals surface area contributed by atoms with Crippen LogP contribution in [0, 0.1) is 0 Å². The molecule has 0 unspecified atom stereocenters. The summed E-state index contributed by atoms with van der Waals surface area (Å²) in [5.74, 6) is 0.881. The van der Waals surface area contributed by atoms with Gasteiger partial charge in [-0.15, -0.1) is 0 Å². The van der Waals surface area contributed by atoms with Gasteiger partial charge in [0, 0.05) is 11.0 Å². The Balaban J connectivity index is 2.45. The van der Waals surface area contributed by atoms with E-state index in [2.05, 4.69) is 56.0 Å². The zero-order valence-corrected chi connectivity index (χ0v) is 12.5. The lowest BCUT2D eigenvalue weighted by Gasteiger charge is -2.07. The molecule has 84 valence electrons. The molecular weight excluding hydrogens is 369 g/mol. The van der Waals surface area contributed by atoms with Crippen molar-refractivity contribution in [1.82, 2.24) is 5.32 Å². The summed E-state index contributed by atoms with van der Waals surface area (Å²) in [4.78, 5) is 0. The molecule has 2 nitrogen and oxygen atoms in total. The molecule has 0 bridgehead atoms. The largest absolute Gasteiger partial charge is 0.496 e. The van der Waals surface area contributed by atoms with Crippen molar-refractivity contribution < 1.29 is 4.74 Å². The summed E-state index contributed by atoms with van der Waals surface area (Å²) in [6, 6.07) is 6.16. The van der Waals surface area contributed by atoms with E-state index in [9.17, 15) is 0 Å². The third kappa shape index (κ3) is 4.70. The third-order valence-corrected chi connectivity index (χ3v) is 3.42. The first-order valence-corrected chi connectivity index (χ1v) is 7.19. The normalized spacial score (nSPS) is 10.3. The van der Waals surface area contributed by atoms with Gasteiger partial charge in [0.25, 0.3) is 0 Å². The lowest BCUT2D eigenvalue weighted by molar-refractivity contribution is 0.412. The molecule has 0 amide bonds. The fraction of sp³-hybridized carbons (Fsp3) is 0.455. The predicted molar refractivity (Wildman–Crippen MR) is 75.9 cm³/mol. The maximum absolute atomic E-state index is 5.17. The molecule has 0 aromatic heterocycles. The molecule has 1 rings (SSSR count). The Morgan fingerprint density at radius 2 is 2.27 bits per heavy atom. The second-order valence-corrected chi connectivity index (χ2v) is 5.12. The second kappa shape index (κ2) is 7.46. The van der Waals surface area contributed by atoms with Gasteiger partial charge in [-0.05, 0) is 46.6 Å². The molecule has 0 saturated carbocycles. The van der Waals surface area contributed by atoms with E-state index < -0.39 is 0 Å². The molecule has 1 N–H and O–H groups in total. The average molecular weight is 384 g/mol. The van der Waals surface area contributed by atoms with Crippen LogP contribution in [0.2, 0.25) is 0 Å². The molecule has 0 saturated heterocycles. The van der Waals surface area contributed by atoms with Crippen LogP contribution < -0.4 is 10.1 Å². The van der Waals surface area contributed by atoms with Gasteiger partial charge in [0.1, 0.15) is 5.75 Å². The molecule has 0 heterocycles. The molecule has 1 aromatic carbocycles. The molecule has 4 heteroatoms. The number of alkyl halides is 1. The summed E-state index contributed by atoms with van der Waals surface area (Å²) >= 11 is 5.87. The first-order chi connectivity index (χ1) is 7.27. The molecule has 0 aliphatic heterocycles. The molecule has 0 aliphatic carbocycles. The van der Waals surface area contributed by atoms with Crippen molar-refractivity contribution in [2.24, 2.45) is 0 Å². The molecule has 0 radical (unpaired) electrons. The van der Waals surface area contributed by atoms with E-state index in [1.54, 1.807) is 7.11 Å². The third-order valence-electron chi connectivity index (χ3n) is 2.03. The highest BCUT2D eigenvalue weighted by molar-refractivity contribution is 14.1. The van der Waals surface area contributed by atoms with Crippen molar-refractivity contribution in [2.45, 2.75) is 13.0 Å². The minimum absolute atomic E-state index is 0.881. The van der Waals surface area contributed by atoms with Crippen molar-refractivity contribution in [3.8, 4) is 5.75 Å². The maximum atomic E-state index is 5.17. The zero-order chi connectivity index (χ0) is 11.1. The molecular formula is C11H15BrINO. The van der Waals surface area contributed by atoms with Crippen LogP contribution in [0.25, 0.3) is 0 Å². The number of halogens is 2. The molecule has 15 heavy (non-hydrogen) atoms. The van der Waals surface area contributed by atoms with Crippen LogP contribution >= 0.6 is 38.5 Å². The zero-order valence-electron chi connectivity index (χ0n) is 8.72. The van der Waals surface area contributed by atoms with Crippen LogP contribution in [0.5, 0.6) is 5.75 Å².